The van der Waals surface area contributed by atoms with Crippen molar-refractivity contribution in [2.45, 2.75) is 26.7 Å². The number of pyridine rings is 1. The van der Waals surface area contributed by atoms with Gasteiger partial charge in [-0.2, -0.15) is 0 Å². The zero-order valence-corrected chi connectivity index (χ0v) is 12.6. The number of rotatable bonds is 8. The average molecular weight is 286 g/mol. The molecule has 0 atom stereocenters. The molecule has 1 N–H and O–H groups in total. The molecular weight excluding hydrogens is 264 g/mol. The van der Waals surface area contributed by atoms with Crippen LogP contribution in [-0.4, -0.2) is 18.6 Å². The molecule has 0 aliphatic rings. The van der Waals surface area contributed by atoms with E-state index < -0.39 is 0 Å². The van der Waals surface area contributed by atoms with Crippen LogP contribution in [0.2, 0.25) is 0 Å². The normalized spacial score (nSPS) is 10.6. The Balaban J connectivity index is 1.94. The molecule has 0 radical (unpaired) electrons. The lowest BCUT2D eigenvalue weighted by Crippen LogP contribution is -2.13. The molecule has 4 heteroatoms. The lowest BCUT2D eigenvalue weighted by molar-refractivity contribution is 0.184. The number of hydrogen-bond acceptors (Lipinski definition) is 4. The molecule has 0 spiro atoms. The van der Waals surface area contributed by atoms with Crippen molar-refractivity contribution in [1.82, 2.24) is 10.3 Å². The third-order valence-corrected chi connectivity index (χ3v) is 3.02. The molecule has 0 aliphatic heterocycles. The Morgan fingerprint density at radius 3 is 2.67 bits per heavy atom. The van der Waals surface area contributed by atoms with E-state index in [4.69, 9.17) is 9.47 Å². The van der Waals surface area contributed by atoms with Gasteiger partial charge in [0, 0.05) is 13.7 Å². The van der Waals surface area contributed by atoms with E-state index in [-0.39, 0.29) is 0 Å². The van der Waals surface area contributed by atoms with Crippen molar-refractivity contribution in [2.24, 2.45) is 0 Å². The van der Waals surface area contributed by atoms with E-state index in [2.05, 4.69) is 17.2 Å². The van der Waals surface area contributed by atoms with Crippen molar-refractivity contribution in [3.8, 4) is 5.75 Å². The van der Waals surface area contributed by atoms with Crippen molar-refractivity contribution in [3.63, 3.8) is 0 Å². The first kappa shape index (κ1) is 15.5. The van der Waals surface area contributed by atoms with E-state index in [1.807, 2.05) is 42.5 Å². The van der Waals surface area contributed by atoms with Crippen LogP contribution in [0.1, 0.15) is 23.9 Å². The molecule has 0 saturated carbocycles. The quantitative estimate of drug-likeness (QED) is 0.810. The highest BCUT2D eigenvalue weighted by Crippen LogP contribution is 2.15. The van der Waals surface area contributed by atoms with Crippen LogP contribution in [0.3, 0.4) is 0 Å². The van der Waals surface area contributed by atoms with E-state index in [9.17, 15) is 0 Å². The third kappa shape index (κ3) is 5.17. The van der Waals surface area contributed by atoms with E-state index in [0.29, 0.717) is 13.2 Å². The number of ether oxygens (including phenoxy) is 2. The van der Waals surface area contributed by atoms with Gasteiger partial charge in [-0.1, -0.05) is 25.1 Å². The number of benzene rings is 1. The fourth-order valence-corrected chi connectivity index (χ4v) is 2.01. The highest BCUT2D eigenvalue weighted by molar-refractivity contribution is 5.28. The molecule has 0 unspecified atom stereocenters. The summed E-state index contributed by atoms with van der Waals surface area (Å²) in [7, 11) is 1.69. The maximum atomic E-state index is 5.80. The largest absolute Gasteiger partial charge is 0.487 e. The molecule has 0 aliphatic carbocycles. The van der Waals surface area contributed by atoms with Gasteiger partial charge in [0.2, 0.25) is 0 Å². The van der Waals surface area contributed by atoms with Crippen LogP contribution in [-0.2, 0) is 24.5 Å². The van der Waals surface area contributed by atoms with Crippen molar-refractivity contribution >= 4 is 0 Å². The number of nitrogens with one attached hydrogen (secondary N) is 1. The zero-order chi connectivity index (χ0) is 14.9. The number of methoxy groups -OCH3 is 1. The van der Waals surface area contributed by atoms with Gasteiger partial charge in [-0.05, 0) is 36.4 Å². The molecule has 1 aromatic carbocycles. The predicted molar refractivity (Wildman–Crippen MR) is 83.1 cm³/mol. The second-order valence-electron chi connectivity index (χ2n) is 4.77. The predicted octanol–water partition coefficient (Wildman–Crippen LogP) is 2.92. The van der Waals surface area contributed by atoms with Gasteiger partial charge in [-0.3, -0.25) is 4.98 Å². The first-order chi connectivity index (χ1) is 10.3. The van der Waals surface area contributed by atoms with Crippen molar-refractivity contribution < 1.29 is 9.47 Å². The van der Waals surface area contributed by atoms with Crippen LogP contribution < -0.4 is 10.1 Å². The Hall–Kier alpha value is -1.91. The molecule has 4 nitrogen and oxygen atoms in total. The van der Waals surface area contributed by atoms with Crippen LogP contribution in [0.15, 0.2) is 42.5 Å². The van der Waals surface area contributed by atoms with E-state index in [1.165, 1.54) is 0 Å². The zero-order valence-electron chi connectivity index (χ0n) is 12.6. The van der Waals surface area contributed by atoms with Gasteiger partial charge >= 0.3 is 0 Å². The summed E-state index contributed by atoms with van der Waals surface area (Å²) in [6, 6.07) is 13.9. The molecule has 1 aromatic heterocycles. The highest BCUT2D eigenvalue weighted by Gasteiger charge is 2.01. The second-order valence-corrected chi connectivity index (χ2v) is 4.77. The van der Waals surface area contributed by atoms with Crippen LogP contribution in [0.25, 0.3) is 0 Å². The Morgan fingerprint density at radius 1 is 1.05 bits per heavy atom. The lowest BCUT2D eigenvalue weighted by atomic mass is 10.2. The van der Waals surface area contributed by atoms with Gasteiger partial charge < -0.3 is 14.8 Å². The van der Waals surface area contributed by atoms with Gasteiger partial charge in [0.25, 0.3) is 0 Å². The molecule has 2 rings (SSSR count). The molecule has 0 bridgehead atoms. The smallest absolute Gasteiger partial charge is 0.130 e. The maximum Gasteiger partial charge on any atom is 0.130 e. The minimum absolute atomic E-state index is 0.469. The van der Waals surface area contributed by atoms with Crippen molar-refractivity contribution in [2.75, 3.05) is 13.7 Å². The van der Waals surface area contributed by atoms with Gasteiger partial charge in [-0.15, -0.1) is 0 Å². The first-order valence-corrected chi connectivity index (χ1v) is 7.18. The van der Waals surface area contributed by atoms with E-state index >= 15 is 0 Å². The monoisotopic (exact) mass is 286 g/mol. The van der Waals surface area contributed by atoms with Gasteiger partial charge in [0.05, 0.1) is 18.0 Å². The minimum atomic E-state index is 0.469. The molecule has 0 fully saturated rings. The third-order valence-electron chi connectivity index (χ3n) is 3.02. The standard InChI is InChI=1S/C17H22N2O2/c1-3-18-11-15-7-5-8-16(19-15)13-21-17-9-4-6-14(10-17)12-20-2/h4-10,18H,3,11-13H2,1-2H3. The van der Waals surface area contributed by atoms with Gasteiger partial charge in [0.15, 0.2) is 0 Å². The van der Waals surface area contributed by atoms with Crippen molar-refractivity contribution in [3.05, 3.63) is 59.4 Å². The SMILES string of the molecule is CCNCc1cccc(COc2cccc(COC)c2)n1. The van der Waals surface area contributed by atoms with Crippen LogP contribution in [0, 0.1) is 0 Å². The molecule has 21 heavy (non-hydrogen) atoms. The summed E-state index contributed by atoms with van der Waals surface area (Å²) in [5, 5.41) is 3.27. The first-order valence-electron chi connectivity index (χ1n) is 7.18. The summed E-state index contributed by atoms with van der Waals surface area (Å²) in [5.41, 5.74) is 3.07. The average Bonchev–Trinajstić information content (AvgIpc) is 2.52. The molecule has 1 heterocycles. The minimum Gasteiger partial charge on any atom is -0.487 e. The van der Waals surface area contributed by atoms with Crippen LogP contribution in [0.4, 0.5) is 0 Å². The van der Waals surface area contributed by atoms with Crippen molar-refractivity contribution in [1.29, 1.82) is 0 Å². The number of nitrogens with zero attached hydrogens (tertiary/aromatic N) is 1. The fraction of sp³-hybridized carbons (Fsp3) is 0.353. The molecule has 0 amide bonds. The molecule has 2 aromatic rings. The van der Waals surface area contributed by atoms with Crippen LogP contribution >= 0.6 is 0 Å². The van der Waals surface area contributed by atoms with Gasteiger partial charge in [0.1, 0.15) is 12.4 Å². The summed E-state index contributed by atoms with van der Waals surface area (Å²) in [4.78, 5) is 4.57. The maximum absolute atomic E-state index is 5.80. The topological polar surface area (TPSA) is 43.4 Å². The second kappa shape index (κ2) is 8.39. The Morgan fingerprint density at radius 2 is 1.86 bits per heavy atom. The number of hydrogen-bond donors (Lipinski definition) is 1. The fourth-order valence-electron chi connectivity index (χ4n) is 2.01. The Kier molecular flexibility index (Phi) is 6.19. The van der Waals surface area contributed by atoms with E-state index in [0.717, 1.165) is 35.8 Å². The number of aromatic nitrogens is 1. The van der Waals surface area contributed by atoms with E-state index in [1.54, 1.807) is 7.11 Å². The summed E-state index contributed by atoms with van der Waals surface area (Å²) < 4.78 is 10.9. The summed E-state index contributed by atoms with van der Waals surface area (Å²) >= 11 is 0. The summed E-state index contributed by atoms with van der Waals surface area (Å²) in [6.07, 6.45) is 0. The van der Waals surface area contributed by atoms with Crippen LogP contribution in [0.5, 0.6) is 5.75 Å². The Labute approximate surface area is 126 Å². The lowest BCUT2D eigenvalue weighted by Gasteiger charge is -2.09. The molecule has 0 saturated heterocycles. The Bertz CT molecular complexity index is 558. The summed E-state index contributed by atoms with van der Waals surface area (Å²) in [6.45, 7) is 4.87. The highest BCUT2D eigenvalue weighted by atomic mass is 16.5. The summed E-state index contributed by atoms with van der Waals surface area (Å²) in [5.74, 6) is 0.837. The molecular formula is C17H22N2O2. The van der Waals surface area contributed by atoms with Gasteiger partial charge in [-0.25, -0.2) is 0 Å². The molecule has 112 valence electrons.